The van der Waals surface area contributed by atoms with E-state index in [0.29, 0.717) is 34.9 Å². The van der Waals surface area contributed by atoms with Gasteiger partial charge in [0.1, 0.15) is 0 Å². The molecule has 7 rings (SSSR count). The summed E-state index contributed by atoms with van der Waals surface area (Å²) in [4.78, 5) is 41.1. The van der Waals surface area contributed by atoms with Gasteiger partial charge in [0.15, 0.2) is 13.9 Å². The number of amides is 2. The molecular formula is C38H45ClN6O5Si. The summed E-state index contributed by atoms with van der Waals surface area (Å²) in [6.07, 6.45) is 3.67. The van der Waals surface area contributed by atoms with Gasteiger partial charge in [-0.25, -0.2) is 0 Å². The number of aliphatic hydroxyl groups excluding tert-OH is 1. The van der Waals surface area contributed by atoms with E-state index >= 15 is 0 Å². The van der Waals surface area contributed by atoms with Crippen molar-refractivity contribution < 1.29 is 24.2 Å². The van der Waals surface area contributed by atoms with Gasteiger partial charge in [-0.2, -0.15) is 0 Å². The zero-order valence-electron chi connectivity index (χ0n) is 29.1. The highest BCUT2D eigenvalue weighted by molar-refractivity contribution is 6.71. The summed E-state index contributed by atoms with van der Waals surface area (Å²) in [6.45, 7) is 7.26. The second-order valence-electron chi connectivity index (χ2n) is 14.6. The van der Waals surface area contributed by atoms with Crippen molar-refractivity contribution in [2.24, 2.45) is 5.92 Å². The predicted molar refractivity (Wildman–Crippen MR) is 198 cm³/mol. The molecule has 2 saturated heterocycles. The van der Waals surface area contributed by atoms with Crippen molar-refractivity contribution in [3.8, 4) is 0 Å². The van der Waals surface area contributed by atoms with Crippen molar-refractivity contribution in [3.63, 3.8) is 0 Å². The van der Waals surface area contributed by atoms with E-state index in [4.69, 9.17) is 16.3 Å². The molecule has 2 fully saturated rings. The van der Waals surface area contributed by atoms with Crippen molar-refractivity contribution in [2.45, 2.75) is 81.6 Å². The number of aromatic nitrogens is 3. The number of anilines is 2. The van der Waals surface area contributed by atoms with E-state index in [-0.39, 0.29) is 48.4 Å². The van der Waals surface area contributed by atoms with E-state index in [9.17, 15) is 19.5 Å². The first-order valence-corrected chi connectivity index (χ1v) is 21.1. The number of hydrogen-bond donors (Lipinski definition) is 4. The highest BCUT2D eigenvalue weighted by Gasteiger charge is 2.66. The second-order valence-corrected chi connectivity index (χ2v) is 19.0. The van der Waals surface area contributed by atoms with E-state index < -0.39 is 20.0 Å². The van der Waals surface area contributed by atoms with E-state index in [1.54, 1.807) is 15.6 Å². The van der Waals surface area contributed by atoms with Crippen LogP contribution in [0.3, 0.4) is 0 Å². The Hall–Kier alpha value is -3.91. The summed E-state index contributed by atoms with van der Waals surface area (Å²) >= 11 is 6.59. The van der Waals surface area contributed by atoms with E-state index in [0.717, 1.165) is 36.2 Å². The Morgan fingerprint density at radius 1 is 1.16 bits per heavy atom. The summed E-state index contributed by atoms with van der Waals surface area (Å²) in [5.41, 5.74) is 2.95. The molecule has 1 spiro atoms. The highest BCUT2D eigenvalue weighted by atomic mass is 35.5. The molecule has 6 atom stereocenters. The Bertz CT molecular complexity index is 1900. The van der Waals surface area contributed by atoms with Gasteiger partial charge in [0.05, 0.1) is 42.6 Å². The molecule has 13 heteroatoms. The number of aliphatic hydroxyl groups is 1. The standard InChI is InChI=1S/C38H45ClN6O5Si/c1-24-35(51(2,3)49)34(16-18-44-22-32(42-43-44)29(23-46)26-10-5-4-6-11-26)50-38(24)30-20-27(39)14-15-33(30)45(37(38)48)21-25-9-7-12-28(19-25)41-36(47)31-13-8-17-40-31/h4-7,9-12,14-15,19-20,22,24,29,31,34-35,40,46,49H,8,13,16-18,21,23H2,1-3H3,(H,41,47)/t24-,29?,31+,34+,35-,38+/m0/s1. The summed E-state index contributed by atoms with van der Waals surface area (Å²) in [6, 6.07) is 22.6. The molecule has 3 aliphatic rings. The number of aryl methyl sites for hydroxylation is 1. The molecule has 0 radical (unpaired) electrons. The van der Waals surface area contributed by atoms with Crippen molar-refractivity contribution >= 4 is 43.1 Å². The van der Waals surface area contributed by atoms with Crippen LogP contribution in [0.4, 0.5) is 11.4 Å². The number of nitrogens with zero attached hydrogens (tertiary/aromatic N) is 4. The average molecular weight is 729 g/mol. The smallest absolute Gasteiger partial charge is 0.264 e. The molecule has 51 heavy (non-hydrogen) atoms. The maximum absolute atomic E-state index is 14.9. The number of nitrogens with one attached hydrogen (secondary N) is 2. The topological polar surface area (TPSA) is 142 Å². The number of ether oxygens (including phenoxy) is 1. The number of hydrogen-bond acceptors (Lipinski definition) is 8. The third-order valence-corrected chi connectivity index (χ3v) is 13.5. The number of rotatable bonds is 11. The third-order valence-electron chi connectivity index (χ3n) is 10.8. The van der Waals surface area contributed by atoms with Gasteiger partial charge in [-0.3, -0.25) is 14.3 Å². The van der Waals surface area contributed by atoms with Gasteiger partial charge in [0.25, 0.3) is 5.91 Å². The maximum atomic E-state index is 14.9. The number of carbonyl (C=O) groups is 2. The minimum atomic E-state index is -2.89. The minimum Gasteiger partial charge on any atom is -0.432 e. The van der Waals surface area contributed by atoms with E-state index in [2.05, 4.69) is 20.9 Å². The number of fused-ring (bicyclic) bond motifs is 2. The maximum Gasteiger partial charge on any atom is 0.264 e. The van der Waals surface area contributed by atoms with Gasteiger partial charge in [-0.1, -0.05) is 66.2 Å². The van der Waals surface area contributed by atoms with Crippen LogP contribution >= 0.6 is 11.6 Å². The molecule has 0 aliphatic carbocycles. The first-order chi connectivity index (χ1) is 24.5. The van der Waals surface area contributed by atoms with Crippen LogP contribution in [-0.2, 0) is 33.0 Å². The molecule has 0 bridgehead atoms. The monoisotopic (exact) mass is 728 g/mol. The Labute approximate surface area is 304 Å². The van der Waals surface area contributed by atoms with Gasteiger partial charge in [-0.05, 0) is 80.4 Å². The Morgan fingerprint density at radius 2 is 1.96 bits per heavy atom. The fraction of sp³-hybridized carbons (Fsp3) is 0.421. The van der Waals surface area contributed by atoms with Gasteiger partial charge < -0.3 is 30.2 Å². The number of benzene rings is 3. The lowest BCUT2D eigenvalue weighted by Crippen LogP contribution is -2.46. The van der Waals surface area contributed by atoms with Crippen LogP contribution in [-0.4, -0.2) is 70.3 Å². The van der Waals surface area contributed by atoms with Gasteiger partial charge >= 0.3 is 0 Å². The molecule has 4 N–H and O–H groups in total. The van der Waals surface area contributed by atoms with Crippen molar-refractivity contribution in [2.75, 3.05) is 23.4 Å². The molecular weight excluding hydrogens is 684 g/mol. The zero-order valence-corrected chi connectivity index (χ0v) is 30.9. The molecule has 3 aromatic carbocycles. The van der Waals surface area contributed by atoms with Crippen molar-refractivity contribution in [3.05, 3.63) is 106 Å². The highest BCUT2D eigenvalue weighted by Crippen LogP contribution is 2.60. The largest absolute Gasteiger partial charge is 0.432 e. The van der Waals surface area contributed by atoms with Gasteiger partial charge in [-0.15, -0.1) is 5.10 Å². The Balaban J connectivity index is 1.14. The van der Waals surface area contributed by atoms with E-state index in [1.165, 1.54) is 0 Å². The molecule has 3 aliphatic heterocycles. The Kier molecular flexibility index (Phi) is 9.91. The molecule has 2 amide bonds. The molecule has 268 valence electrons. The van der Waals surface area contributed by atoms with Gasteiger partial charge in [0.2, 0.25) is 5.91 Å². The van der Waals surface area contributed by atoms with Crippen molar-refractivity contribution in [1.29, 1.82) is 0 Å². The molecule has 11 nitrogen and oxygen atoms in total. The van der Waals surface area contributed by atoms with Crippen LogP contribution in [0.15, 0.2) is 79.0 Å². The third kappa shape index (κ3) is 6.76. The SMILES string of the molecule is C[C@H]1[C@H]([Si](C)(C)O)[C@@H](CCn2cc(C(CO)c3ccccc3)nn2)O[C@]12C(=O)N(Cc1cccc(NC(=O)[C@H]3CCCN3)c1)c1ccc(Cl)cc12. The van der Waals surface area contributed by atoms with Crippen LogP contribution in [0.1, 0.15) is 54.5 Å². The summed E-state index contributed by atoms with van der Waals surface area (Å²) in [7, 11) is -2.89. The fourth-order valence-electron chi connectivity index (χ4n) is 8.44. The van der Waals surface area contributed by atoms with Crippen LogP contribution in [0.5, 0.6) is 0 Å². The zero-order chi connectivity index (χ0) is 35.9. The normalized spacial score (nSPS) is 25.1. The summed E-state index contributed by atoms with van der Waals surface area (Å²) in [5, 5.41) is 25.6. The Morgan fingerprint density at radius 3 is 2.69 bits per heavy atom. The first kappa shape index (κ1) is 35.5. The minimum absolute atomic E-state index is 0.0617. The summed E-state index contributed by atoms with van der Waals surface area (Å²) in [5.74, 6) is -0.906. The fourth-order valence-corrected chi connectivity index (χ4v) is 11.2. The second kappa shape index (κ2) is 14.2. The lowest BCUT2D eigenvalue weighted by atomic mass is 9.82. The van der Waals surface area contributed by atoms with Crippen LogP contribution in [0.25, 0.3) is 0 Å². The average Bonchev–Trinajstić information content (AvgIpc) is 3.90. The number of halogens is 1. The van der Waals surface area contributed by atoms with Crippen LogP contribution < -0.4 is 15.5 Å². The molecule has 0 saturated carbocycles. The molecule has 4 aromatic rings. The van der Waals surface area contributed by atoms with Gasteiger partial charge in [0, 0.05) is 40.5 Å². The van der Waals surface area contributed by atoms with Crippen LogP contribution in [0.2, 0.25) is 23.7 Å². The number of carbonyl (C=O) groups excluding carboxylic acids is 2. The molecule has 1 aromatic heterocycles. The summed E-state index contributed by atoms with van der Waals surface area (Å²) < 4.78 is 8.72. The van der Waals surface area contributed by atoms with Crippen LogP contribution in [0, 0.1) is 5.92 Å². The first-order valence-electron chi connectivity index (χ1n) is 17.7. The lowest BCUT2D eigenvalue weighted by molar-refractivity contribution is -0.146. The van der Waals surface area contributed by atoms with Crippen molar-refractivity contribution in [1.82, 2.24) is 20.3 Å². The molecule has 1 unspecified atom stereocenters. The lowest BCUT2D eigenvalue weighted by Gasteiger charge is -2.32. The molecule has 4 heterocycles. The predicted octanol–water partition coefficient (Wildman–Crippen LogP) is 5.18. The van der Waals surface area contributed by atoms with E-state index in [1.807, 2.05) is 92.9 Å². The quantitative estimate of drug-likeness (QED) is 0.155.